The lowest BCUT2D eigenvalue weighted by Gasteiger charge is -2.13. The Balaban J connectivity index is 2.20. The lowest BCUT2D eigenvalue weighted by atomic mass is 10.5. The average molecular weight is 200 g/mol. The Morgan fingerprint density at radius 2 is 2.31 bits per heavy atom. The standard InChI is InChI=1S/C8H16N4S/c1-4-12(3)6-5-9-8-10-7(2)11-13-8/h4-6H2,1-3H3,(H,9,10,11). The van der Waals surface area contributed by atoms with Gasteiger partial charge in [-0.2, -0.15) is 4.37 Å². The maximum absolute atomic E-state index is 4.21. The Labute approximate surface area is 83.2 Å². The molecule has 0 saturated carbocycles. The minimum absolute atomic E-state index is 0.844. The lowest BCUT2D eigenvalue weighted by Crippen LogP contribution is -2.24. The van der Waals surface area contributed by atoms with Crippen LogP contribution in [0.1, 0.15) is 12.7 Å². The van der Waals surface area contributed by atoms with Gasteiger partial charge >= 0.3 is 0 Å². The molecule has 0 aliphatic heterocycles. The average Bonchev–Trinajstić information content (AvgIpc) is 2.51. The van der Waals surface area contributed by atoms with Crippen LogP contribution >= 0.6 is 11.5 Å². The number of anilines is 1. The van der Waals surface area contributed by atoms with Gasteiger partial charge in [0.2, 0.25) is 5.13 Å². The molecule has 1 N–H and O–H groups in total. The summed E-state index contributed by atoms with van der Waals surface area (Å²) in [5.74, 6) is 0.844. The van der Waals surface area contributed by atoms with E-state index in [1.807, 2.05) is 6.92 Å². The summed E-state index contributed by atoms with van der Waals surface area (Å²) >= 11 is 1.42. The van der Waals surface area contributed by atoms with E-state index in [-0.39, 0.29) is 0 Å². The smallest absolute Gasteiger partial charge is 0.202 e. The van der Waals surface area contributed by atoms with E-state index in [9.17, 15) is 0 Å². The molecule has 1 aromatic heterocycles. The summed E-state index contributed by atoms with van der Waals surface area (Å²) in [6.45, 7) is 7.10. The SMILES string of the molecule is CCN(C)CCNc1nc(C)ns1. The summed E-state index contributed by atoms with van der Waals surface area (Å²) < 4.78 is 4.09. The maximum Gasteiger partial charge on any atom is 0.202 e. The Kier molecular flexibility index (Phi) is 4.11. The van der Waals surface area contributed by atoms with Gasteiger partial charge < -0.3 is 10.2 Å². The molecule has 0 spiro atoms. The van der Waals surface area contributed by atoms with Gasteiger partial charge in [-0.1, -0.05) is 6.92 Å². The normalized spacial score (nSPS) is 10.8. The molecule has 74 valence electrons. The first-order chi connectivity index (χ1) is 6.22. The van der Waals surface area contributed by atoms with Crippen LogP contribution in [0.4, 0.5) is 5.13 Å². The van der Waals surface area contributed by atoms with Crippen LogP contribution in [0.2, 0.25) is 0 Å². The number of nitrogens with one attached hydrogen (secondary N) is 1. The fraction of sp³-hybridized carbons (Fsp3) is 0.750. The van der Waals surface area contributed by atoms with E-state index in [2.05, 4.69) is 33.5 Å². The molecule has 1 aromatic rings. The first-order valence-corrected chi connectivity index (χ1v) is 5.22. The highest BCUT2D eigenvalue weighted by Crippen LogP contribution is 2.08. The molecule has 0 bridgehead atoms. The van der Waals surface area contributed by atoms with Gasteiger partial charge in [-0.05, 0) is 20.5 Å². The van der Waals surface area contributed by atoms with Crippen molar-refractivity contribution < 1.29 is 0 Å². The Morgan fingerprint density at radius 3 is 2.85 bits per heavy atom. The summed E-state index contributed by atoms with van der Waals surface area (Å²) in [6.07, 6.45) is 0. The molecule has 0 saturated heterocycles. The van der Waals surface area contributed by atoms with Crippen LogP contribution in [0.3, 0.4) is 0 Å². The Hall–Kier alpha value is -0.680. The molecule has 0 atom stereocenters. The second-order valence-corrected chi connectivity index (χ2v) is 3.72. The molecular weight excluding hydrogens is 184 g/mol. The van der Waals surface area contributed by atoms with Crippen molar-refractivity contribution in [3.8, 4) is 0 Å². The number of nitrogens with zero attached hydrogens (tertiary/aromatic N) is 3. The molecule has 0 amide bonds. The number of aromatic nitrogens is 2. The largest absolute Gasteiger partial charge is 0.359 e. The first kappa shape index (κ1) is 10.4. The Morgan fingerprint density at radius 1 is 1.54 bits per heavy atom. The number of hydrogen-bond acceptors (Lipinski definition) is 5. The van der Waals surface area contributed by atoms with Gasteiger partial charge in [-0.25, -0.2) is 4.98 Å². The van der Waals surface area contributed by atoms with E-state index in [0.29, 0.717) is 0 Å². The molecule has 5 heteroatoms. The molecule has 4 nitrogen and oxygen atoms in total. The van der Waals surface area contributed by atoms with Crippen LogP contribution in [0.25, 0.3) is 0 Å². The van der Waals surface area contributed by atoms with Crippen LogP contribution in [0.15, 0.2) is 0 Å². The molecular formula is C8H16N4S. The molecule has 0 radical (unpaired) electrons. The van der Waals surface area contributed by atoms with Crippen molar-refractivity contribution in [2.45, 2.75) is 13.8 Å². The minimum atomic E-state index is 0.844. The predicted molar refractivity (Wildman–Crippen MR) is 56.3 cm³/mol. The van der Waals surface area contributed by atoms with E-state index in [1.54, 1.807) is 0 Å². The van der Waals surface area contributed by atoms with Crippen molar-refractivity contribution in [3.05, 3.63) is 5.82 Å². The van der Waals surface area contributed by atoms with E-state index < -0.39 is 0 Å². The topological polar surface area (TPSA) is 41.0 Å². The van der Waals surface area contributed by atoms with Gasteiger partial charge in [-0.3, -0.25) is 0 Å². The summed E-state index contributed by atoms with van der Waals surface area (Å²) in [5, 5.41) is 4.15. The highest BCUT2D eigenvalue weighted by atomic mass is 32.1. The zero-order valence-electron chi connectivity index (χ0n) is 8.37. The molecule has 0 aliphatic rings. The third-order valence-electron chi connectivity index (χ3n) is 1.84. The van der Waals surface area contributed by atoms with Gasteiger partial charge in [0.1, 0.15) is 5.82 Å². The van der Waals surface area contributed by atoms with Gasteiger partial charge in [0.05, 0.1) is 0 Å². The van der Waals surface area contributed by atoms with Crippen molar-refractivity contribution in [2.24, 2.45) is 0 Å². The van der Waals surface area contributed by atoms with Crippen molar-refractivity contribution in [1.82, 2.24) is 14.3 Å². The van der Waals surface area contributed by atoms with Crippen LogP contribution in [-0.4, -0.2) is 40.9 Å². The molecule has 0 aliphatic carbocycles. The van der Waals surface area contributed by atoms with Crippen molar-refractivity contribution in [2.75, 3.05) is 32.0 Å². The number of rotatable bonds is 5. The molecule has 1 rings (SSSR count). The number of likely N-dealkylation sites (N-methyl/N-ethyl adjacent to an activating group) is 1. The predicted octanol–water partition coefficient (Wildman–Crippen LogP) is 1.21. The number of hydrogen-bond donors (Lipinski definition) is 1. The first-order valence-electron chi connectivity index (χ1n) is 4.45. The zero-order valence-corrected chi connectivity index (χ0v) is 9.19. The van der Waals surface area contributed by atoms with Crippen LogP contribution in [0, 0.1) is 6.92 Å². The lowest BCUT2D eigenvalue weighted by molar-refractivity contribution is 0.367. The summed E-state index contributed by atoms with van der Waals surface area (Å²) in [4.78, 5) is 6.46. The second-order valence-electron chi connectivity index (χ2n) is 2.97. The van der Waals surface area contributed by atoms with E-state index in [1.165, 1.54) is 11.5 Å². The van der Waals surface area contributed by atoms with E-state index in [4.69, 9.17) is 0 Å². The highest BCUT2D eigenvalue weighted by Gasteiger charge is 1.98. The van der Waals surface area contributed by atoms with Crippen molar-refractivity contribution in [1.29, 1.82) is 0 Å². The summed E-state index contributed by atoms with van der Waals surface area (Å²) in [5.41, 5.74) is 0. The third-order valence-corrected chi connectivity index (χ3v) is 2.60. The highest BCUT2D eigenvalue weighted by molar-refractivity contribution is 7.09. The summed E-state index contributed by atoms with van der Waals surface area (Å²) in [6, 6.07) is 0. The van der Waals surface area contributed by atoms with Gasteiger partial charge in [0.15, 0.2) is 0 Å². The van der Waals surface area contributed by atoms with E-state index >= 15 is 0 Å². The van der Waals surface area contributed by atoms with Crippen LogP contribution in [0.5, 0.6) is 0 Å². The third kappa shape index (κ3) is 3.69. The summed E-state index contributed by atoms with van der Waals surface area (Å²) in [7, 11) is 2.10. The molecule has 1 heterocycles. The molecule has 0 fully saturated rings. The number of aryl methyl sites for hydroxylation is 1. The Bertz CT molecular complexity index is 248. The second kappa shape index (κ2) is 5.14. The molecule has 13 heavy (non-hydrogen) atoms. The van der Waals surface area contributed by atoms with Crippen LogP contribution < -0.4 is 5.32 Å². The van der Waals surface area contributed by atoms with Crippen molar-refractivity contribution >= 4 is 16.7 Å². The quantitative estimate of drug-likeness (QED) is 0.775. The van der Waals surface area contributed by atoms with Crippen LogP contribution in [-0.2, 0) is 0 Å². The van der Waals surface area contributed by atoms with Gasteiger partial charge in [0, 0.05) is 24.6 Å². The van der Waals surface area contributed by atoms with E-state index in [0.717, 1.165) is 30.6 Å². The zero-order chi connectivity index (χ0) is 9.68. The van der Waals surface area contributed by atoms with Gasteiger partial charge in [0.25, 0.3) is 0 Å². The molecule has 0 aromatic carbocycles. The monoisotopic (exact) mass is 200 g/mol. The molecule has 0 unspecified atom stereocenters. The fourth-order valence-corrected chi connectivity index (χ4v) is 1.48. The maximum atomic E-state index is 4.21. The van der Waals surface area contributed by atoms with Gasteiger partial charge in [-0.15, -0.1) is 0 Å². The minimum Gasteiger partial charge on any atom is -0.359 e. The fourth-order valence-electron chi connectivity index (χ4n) is 0.881. The van der Waals surface area contributed by atoms with Crippen molar-refractivity contribution in [3.63, 3.8) is 0 Å².